The third-order valence-electron chi connectivity index (χ3n) is 4.11. The number of ether oxygens (including phenoxy) is 1. The quantitative estimate of drug-likeness (QED) is 0.840. The molecule has 0 saturated heterocycles. The molecule has 1 fully saturated rings. The highest BCUT2D eigenvalue weighted by molar-refractivity contribution is 5.22. The molecule has 1 aliphatic rings. The van der Waals surface area contributed by atoms with Crippen molar-refractivity contribution in [2.24, 2.45) is 5.41 Å². The average molecular weight is 219 g/mol. The van der Waals surface area contributed by atoms with Crippen molar-refractivity contribution in [1.82, 2.24) is 5.32 Å². The first-order chi connectivity index (χ1) is 7.70. The molecule has 1 aromatic carbocycles. The molecule has 1 aromatic rings. The van der Waals surface area contributed by atoms with Crippen LogP contribution in [-0.4, -0.2) is 19.2 Å². The molecule has 3 atom stereocenters. The van der Waals surface area contributed by atoms with E-state index in [2.05, 4.69) is 19.2 Å². The second-order valence-electron chi connectivity index (χ2n) is 4.86. The highest BCUT2D eigenvalue weighted by Gasteiger charge is 2.51. The largest absolute Gasteiger partial charge is 0.490 e. The fourth-order valence-electron chi connectivity index (χ4n) is 2.58. The molecule has 0 bridgehead atoms. The second kappa shape index (κ2) is 4.46. The molecule has 1 N–H and O–H groups in total. The zero-order valence-electron chi connectivity index (χ0n) is 10.4. The lowest BCUT2D eigenvalue weighted by atomic mass is 9.61. The maximum Gasteiger partial charge on any atom is 0.119 e. The molecule has 2 rings (SSSR count). The average Bonchev–Trinajstić information content (AvgIpc) is 2.34. The number of rotatable bonds is 4. The predicted octanol–water partition coefficient (Wildman–Crippen LogP) is 2.84. The number of hydrogen-bond acceptors (Lipinski definition) is 2. The van der Waals surface area contributed by atoms with Crippen molar-refractivity contribution < 1.29 is 4.74 Å². The Hall–Kier alpha value is -1.02. The van der Waals surface area contributed by atoms with E-state index in [0.29, 0.717) is 12.1 Å². The van der Waals surface area contributed by atoms with Crippen molar-refractivity contribution in [2.45, 2.75) is 38.8 Å². The number of hydrogen-bond donors (Lipinski definition) is 1. The Balaban J connectivity index is 2.02. The van der Waals surface area contributed by atoms with Gasteiger partial charge in [0, 0.05) is 17.9 Å². The van der Waals surface area contributed by atoms with Crippen LogP contribution in [0.4, 0.5) is 0 Å². The number of para-hydroxylation sites is 1. The van der Waals surface area contributed by atoms with Crippen LogP contribution in [0.5, 0.6) is 5.75 Å². The standard InChI is InChI=1S/C14H21NO/c1-4-14(2)12(15-3)10-13(14)16-11-8-6-5-7-9-11/h5-9,12-13,15H,4,10H2,1-3H3. The zero-order chi connectivity index (χ0) is 11.6. The lowest BCUT2D eigenvalue weighted by Crippen LogP contribution is -2.62. The molecular formula is C14H21NO. The molecule has 0 radical (unpaired) electrons. The summed E-state index contributed by atoms with van der Waals surface area (Å²) < 4.78 is 6.05. The van der Waals surface area contributed by atoms with E-state index < -0.39 is 0 Å². The Bertz CT molecular complexity index is 338. The third-order valence-corrected chi connectivity index (χ3v) is 4.11. The van der Waals surface area contributed by atoms with E-state index >= 15 is 0 Å². The van der Waals surface area contributed by atoms with Gasteiger partial charge in [0.1, 0.15) is 11.9 Å². The summed E-state index contributed by atoms with van der Waals surface area (Å²) in [7, 11) is 2.04. The summed E-state index contributed by atoms with van der Waals surface area (Å²) in [5.74, 6) is 0.988. The van der Waals surface area contributed by atoms with Crippen LogP contribution >= 0.6 is 0 Å². The van der Waals surface area contributed by atoms with E-state index in [1.54, 1.807) is 0 Å². The van der Waals surface area contributed by atoms with Gasteiger partial charge in [-0.05, 0) is 25.6 Å². The summed E-state index contributed by atoms with van der Waals surface area (Å²) in [6.45, 7) is 4.55. The van der Waals surface area contributed by atoms with E-state index in [4.69, 9.17) is 4.74 Å². The molecule has 0 spiro atoms. The normalized spacial score (nSPS) is 33.2. The van der Waals surface area contributed by atoms with E-state index in [1.807, 2.05) is 37.4 Å². The van der Waals surface area contributed by atoms with Crippen molar-refractivity contribution in [3.8, 4) is 5.75 Å². The molecule has 3 unspecified atom stereocenters. The summed E-state index contributed by atoms with van der Waals surface area (Å²) in [4.78, 5) is 0. The Morgan fingerprint density at radius 3 is 2.62 bits per heavy atom. The molecule has 16 heavy (non-hydrogen) atoms. The van der Waals surface area contributed by atoms with Crippen molar-refractivity contribution >= 4 is 0 Å². The first-order valence-electron chi connectivity index (χ1n) is 6.09. The summed E-state index contributed by atoms with van der Waals surface area (Å²) >= 11 is 0. The summed E-state index contributed by atoms with van der Waals surface area (Å²) in [6, 6.07) is 10.7. The summed E-state index contributed by atoms with van der Waals surface area (Å²) in [6.07, 6.45) is 2.60. The van der Waals surface area contributed by atoms with E-state index in [1.165, 1.54) is 0 Å². The predicted molar refractivity (Wildman–Crippen MR) is 66.7 cm³/mol. The smallest absolute Gasteiger partial charge is 0.119 e. The van der Waals surface area contributed by atoms with Crippen molar-refractivity contribution in [1.29, 1.82) is 0 Å². The Morgan fingerprint density at radius 2 is 2.06 bits per heavy atom. The highest BCUT2D eigenvalue weighted by Crippen LogP contribution is 2.45. The van der Waals surface area contributed by atoms with Crippen LogP contribution in [-0.2, 0) is 0 Å². The van der Waals surface area contributed by atoms with E-state index in [-0.39, 0.29) is 5.41 Å². The minimum atomic E-state index is 0.268. The topological polar surface area (TPSA) is 21.3 Å². The molecule has 1 aliphatic carbocycles. The SMILES string of the molecule is CCC1(C)C(NC)CC1Oc1ccccc1. The van der Waals surface area contributed by atoms with Gasteiger partial charge in [0.15, 0.2) is 0 Å². The highest BCUT2D eigenvalue weighted by atomic mass is 16.5. The fourth-order valence-corrected chi connectivity index (χ4v) is 2.58. The third kappa shape index (κ3) is 1.82. The summed E-state index contributed by atoms with van der Waals surface area (Å²) in [5.41, 5.74) is 0.268. The molecular weight excluding hydrogens is 198 g/mol. The van der Waals surface area contributed by atoms with Crippen molar-refractivity contribution in [2.75, 3.05) is 7.05 Å². The minimum Gasteiger partial charge on any atom is -0.490 e. The Kier molecular flexibility index (Phi) is 3.20. The van der Waals surface area contributed by atoms with Crippen LogP contribution in [0.2, 0.25) is 0 Å². The van der Waals surface area contributed by atoms with Crippen LogP contribution in [0.25, 0.3) is 0 Å². The van der Waals surface area contributed by atoms with Gasteiger partial charge >= 0.3 is 0 Å². The van der Waals surface area contributed by atoms with Gasteiger partial charge in [-0.3, -0.25) is 0 Å². The van der Waals surface area contributed by atoms with Crippen LogP contribution in [0, 0.1) is 5.41 Å². The second-order valence-corrected chi connectivity index (χ2v) is 4.86. The maximum absolute atomic E-state index is 6.05. The van der Waals surface area contributed by atoms with E-state index in [9.17, 15) is 0 Å². The monoisotopic (exact) mass is 219 g/mol. The first kappa shape index (κ1) is 11.5. The van der Waals surface area contributed by atoms with Gasteiger partial charge < -0.3 is 10.1 Å². The van der Waals surface area contributed by atoms with Crippen molar-refractivity contribution in [3.63, 3.8) is 0 Å². The van der Waals surface area contributed by atoms with Crippen LogP contribution in [0.1, 0.15) is 26.7 Å². The fraction of sp³-hybridized carbons (Fsp3) is 0.571. The van der Waals surface area contributed by atoms with Gasteiger partial charge in [-0.25, -0.2) is 0 Å². The maximum atomic E-state index is 6.05. The molecule has 1 saturated carbocycles. The lowest BCUT2D eigenvalue weighted by molar-refractivity contribution is -0.0677. The molecule has 88 valence electrons. The lowest BCUT2D eigenvalue weighted by Gasteiger charge is -2.53. The number of nitrogens with one attached hydrogen (secondary N) is 1. The van der Waals surface area contributed by atoms with Gasteiger partial charge in [-0.2, -0.15) is 0 Å². The molecule has 0 aliphatic heterocycles. The molecule has 0 heterocycles. The molecule has 0 amide bonds. The van der Waals surface area contributed by atoms with Crippen LogP contribution in [0.15, 0.2) is 30.3 Å². The van der Waals surface area contributed by atoms with Crippen molar-refractivity contribution in [3.05, 3.63) is 30.3 Å². The van der Waals surface area contributed by atoms with Gasteiger partial charge in [-0.1, -0.05) is 32.0 Å². The first-order valence-corrected chi connectivity index (χ1v) is 6.09. The van der Waals surface area contributed by atoms with Crippen LogP contribution in [0.3, 0.4) is 0 Å². The zero-order valence-corrected chi connectivity index (χ0v) is 10.4. The Morgan fingerprint density at radius 1 is 1.38 bits per heavy atom. The van der Waals surface area contributed by atoms with Gasteiger partial charge in [0.05, 0.1) is 0 Å². The van der Waals surface area contributed by atoms with E-state index in [0.717, 1.165) is 18.6 Å². The molecule has 2 nitrogen and oxygen atoms in total. The Labute approximate surface area is 98.0 Å². The summed E-state index contributed by atoms with van der Waals surface area (Å²) in [5, 5.41) is 3.38. The van der Waals surface area contributed by atoms with Crippen LogP contribution < -0.4 is 10.1 Å². The van der Waals surface area contributed by atoms with Gasteiger partial charge in [-0.15, -0.1) is 0 Å². The number of benzene rings is 1. The molecule has 2 heteroatoms. The van der Waals surface area contributed by atoms with Gasteiger partial charge in [0.25, 0.3) is 0 Å². The molecule has 0 aromatic heterocycles. The van der Waals surface area contributed by atoms with Gasteiger partial charge in [0.2, 0.25) is 0 Å². The minimum absolute atomic E-state index is 0.268.